The molecular weight excluding hydrogens is 336 g/mol. The lowest BCUT2D eigenvalue weighted by atomic mass is 10.00. The fraction of sp³-hybridized carbons (Fsp3) is 0.400. The molecule has 2 unspecified atom stereocenters. The maximum absolute atomic E-state index is 5.73. The van der Waals surface area contributed by atoms with Gasteiger partial charge in [-0.3, -0.25) is 0 Å². The summed E-state index contributed by atoms with van der Waals surface area (Å²) in [6, 6.07) is 6.77. The molecule has 3 nitrogen and oxygen atoms in total. The van der Waals surface area contributed by atoms with Crippen LogP contribution in [-0.4, -0.2) is 11.6 Å². The zero-order valence-corrected chi connectivity index (χ0v) is 13.9. The van der Waals surface area contributed by atoms with E-state index in [4.69, 9.17) is 4.74 Å². The van der Waals surface area contributed by atoms with Crippen molar-refractivity contribution in [1.82, 2.24) is 10.3 Å². The number of fused-ring (bicyclic) bond motifs is 1. The lowest BCUT2D eigenvalue weighted by Crippen LogP contribution is -2.29. The number of aromatic nitrogens is 1. The van der Waals surface area contributed by atoms with E-state index in [2.05, 4.69) is 44.6 Å². The topological polar surface area (TPSA) is 34.1 Å². The van der Waals surface area contributed by atoms with Crippen molar-refractivity contribution in [3.8, 4) is 5.75 Å². The molecule has 20 heavy (non-hydrogen) atoms. The van der Waals surface area contributed by atoms with Crippen LogP contribution in [-0.2, 0) is 0 Å². The van der Waals surface area contributed by atoms with Crippen LogP contribution in [0.5, 0.6) is 5.75 Å². The fourth-order valence-corrected chi connectivity index (χ4v) is 3.67. The van der Waals surface area contributed by atoms with Crippen molar-refractivity contribution in [1.29, 1.82) is 0 Å². The molecule has 0 aliphatic carbocycles. The van der Waals surface area contributed by atoms with Crippen LogP contribution in [0.2, 0.25) is 0 Å². The Morgan fingerprint density at radius 1 is 1.50 bits per heavy atom. The third-order valence-corrected chi connectivity index (χ3v) is 5.11. The van der Waals surface area contributed by atoms with Crippen molar-refractivity contribution >= 4 is 27.3 Å². The lowest BCUT2D eigenvalue weighted by molar-refractivity contribution is 0.246. The predicted molar refractivity (Wildman–Crippen MR) is 85.4 cm³/mol. The summed E-state index contributed by atoms with van der Waals surface area (Å²) >= 11 is 5.26. The molecule has 0 spiro atoms. The molecule has 0 radical (unpaired) electrons. The van der Waals surface area contributed by atoms with Crippen LogP contribution in [0.1, 0.15) is 41.7 Å². The minimum Gasteiger partial charge on any atom is -0.493 e. The SMILES string of the molecule is Cc1csc(C(C)NC2CCOc3ccc(Br)cc32)n1. The van der Waals surface area contributed by atoms with Crippen molar-refractivity contribution < 1.29 is 4.74 Å². The summed E-state index contributed by atoms with van der Waals surface area (Å²) in [5.74, 6) is 0.986. The second-order valence-corrected chi connectivity index (χ2v) is 6.89. The number of benzene rings is 1. The second kappa shape index (κ2) is 5.84. The molecule has 2 heterocycles. The molecule has 0 bridgehead atoms. The summed E-state index contributed by atoms with van der Waals surface area (Å²) in [7, 11) is 0. The van der Waals surface area contributed by atoms with E-state index in [1.807, 2.05) is 19.1 Å². The van der Waals surface area contributed by atoms with Gasteiger partial charge in [-0.1, -0.05) is 15.9 Å². The van der Waals surface area contributed by atoms with Gasteiger partial charge in [-0.05, 0) is 32.0 Å². The highest BCUT2D eigenvalue weighted by Crippen LogP contribution is 2.35. The van der Waals surface area contributed by atoms with Gasteiger partial charge in [0.05, 0.1) is 12.6 Å². The summed E-state index contributed by atoms with van der Waals surface area (Å²) in [6.45, 7) is 4.97. The van der Waals surface area contributed by atoms with E-state index in [1.165, 1.54) is 5.56 Å². The van der Waals surface area contributed by atoms with Gasteiger partial charge in [0.2, 0.25) is 0 Å². The second-order valence-electron chi connectivity index (χ2n) is 5.09. The molecule has 2 aromatic rings. The molecule has 1 aromatic heterocycles. The Bertz CT molecular complexity index is 614. The number of aryl methyl sites for hydroxylation is 1. The van der Waals surface area contributed by atoms with Crippen molar-refractivity contribution in [3.05, 3.63) is 44.3 Å². The Kier molecular flexibility index (Phi) is 4.10. The van der Waals surface area contributed by atoms with Gasteiger partial charge < -0.3 is 10.1 Å². The summed E-state index contributed by atoms with van der Waals surface area (Å²) in [4.78, 5) is 4.57. The standard InChI is InChI=1S/C15H17BrN2OS/c1-9-8-20-15(17-9)10(2)18-13-5-6-19-14-4-3-11(16)7-12(13)14/h3-4,7-8,10,13,18H,5-6H2,1-2H3. The monoisotopic (exact) mass is 352 g/mol. The van der Waals surface area contributed by atoms with E-state index in [9.17, 15) is 0 Å². The van der Waals surface area contributed by atoms with Crippen LogP contribution >= 0.6 is 27.3 Å². The Morgan fingerprint density at radius 3 is 3.10 bits per heavy atom. The van der Waals surface area contributed by atoms with Crippen molar-refractivity contribution in [2.45, 2.75) is 32.4 Å². The Hall–Kier alpha value is -0.910. The first kappa shape index (κ1) is 14.0. The molecule has 3 rings (SSSR count). The minimum absolute atomic E-state index is 0.253. The Morgan fingerprint density at radius 2 is 2.35 bits per heavy atom. The van der Waals surface area contributed by atoms with Gasteiger partial charge in [0.15, 0.2) is 0 Å². The summed E-state index contributed by atoms with van der Waals surface area (Å²) in [5, 5.41) is 6.92. The molecular formula is C15H17BrN2OS. The number of hydrogen-bond donors (Lipinski definition) is 1. The average Bonchev–Trinajstić information content (AvgIpc) is 2.86. The maximum atomic E-state index is 5.73. The van der Waals surface area contributed by atoms with Gasteiger partial charge in [0.1, 0.15) is 10.8 Å². The Labute approximate surface area is 131 Å². The lowest BCUT2D eigenvalue weighted by Gasteiger charge is -2.29. The first-order valence-electron chi connectivity index (χ1n) is 6.74. The van der Waals surface area contributed by atoms with Crippen LogP contribution in [0.3, 0.4) is 0 Å². The largest absolute Gasteiger partial charge is 0.493 e. The smallest absolute Gasteiger partial charge is 0.124 e. The van der Waals surface area contributed by atoms with Crippen molar-refractivity contribution in [3.63, 3.8) is 0 Å². The highest BCUT2D eigenvalue weighted by atomic mass is 79.9. The van der Waals surface area contributed by atoms with E-state index < -0.39 is 0 Å². The Balaban J connectivity index is 1.80. The molecule has 1 N–H and O–H groups in total. The van der Waals surface area contributed by atoms with Crippen LogP contribution in [0.15, 0.2) is 28.1 Å². The van der Waals surface area contributed by atoms with Gasteiger partial charge >= 0.3 is 0 Å². The molecule has 0 saturated heterocycles. The normalized spacial score (nSPS) is 19.2. The number of halogens is 1. The van der Waals surface area contributed by atoms with Crippen LogP contribution in [0.25, 0.3) is 0 Å². The van der Waals surface area contributed by atoms with Crippen molar-refractivity contribution in [2.24, 2.45) is 0 Å². The number of ether oxygens (including phenoxy) is 1. The van der Waals surface area contributed by atoms with Gasteiger partial charge in [-0.2, -0.15) is 0 Å². The molecule has 1 aliphatic heterocycles. The predicted octanol–water partition coefficient (Wildman–Crippen LogP) is 4.39. The van der Waals surface area contributed by atoms with Crippen LogP contribution in [0.4, 0.5) is 0 Å². The third-order valence-electron chi connectivity index (χ3n) is 3.47. The van der Waals surface area contributed by atoms with Crippen LogP contribution < -0.4 is 10.1 Å². The van der Waals surface area contributed by atoms with E-state index in [0.717, 1.165) is 34.0 Å². The molecule has 106 valence electrons. The summed E-state index contributed by atoms with van der Waals surface area (Å²) in [6.07, 6.45) is 0.984. The van der Waals surface area contributed by atoms with Gasteiger partial charge in [0, 0.05) is 33.6 Å². The van der Waals surface area contributed by atoms with Crippen LogP contribution in [0, 0.1) is 6.92 Å². The van der Waals surface area contributed by atoms with E-state index in [-0.39, 0.29) is 6.04 Å². The first-order valence-corrected chi connectivity index (χ1v) is 8.41. The van der Waals surface area contributed by atoms with E-state index in [0.29, 0.717) is 6.04 Å². The molecule has 0 saturated carbocycles. The number of hydrogen-bond acceptors (Lipinski definition) is 4. The highest BCUT2D eigenvalue weighted by molar-refractivity contribution is 9.10. The molecule has 1 aromatic carbocycles. The maximum Gasteiger partial charge on any atom is 0.124 e. The average molecular weight is 353 g/mol. The zero-order valence-electron chi connectivity index (χ0n) is 11.5. The summed E-state index contributed by atoms with van der Waals surface area (Å²) < 4.78 is 6.82. The highest BCUT2D eigenvalue weighted by Gasteiger charge is 2.24. The quantitative estimate of drug-likeness (QED) is 0.889. The summed E-state index contributed by atoms with van der Waals surface area (Å²) in [5.41, 5.74) is 2.32. The van der Waals surface area contributed by atoms with Gasteiger partial charge in [0.25, 0.3) is 0 Å². The fourth-order valence-electron chi connectivity index (χ4n) is 2.48. The molecule has 5 heteroatoms. The van der Waals surface area contributed by atoms with E-state index >= 15 is 0 Å². The molecule has 1 aliphatic rings. The third kappa shape index (κ3) is 2.90. The molecule has 0 fully saturated rings. The molecule has 2 atom stereocenters. The number of nitrogens with zero attached hydrogens (tertiary/aromatic N) is 1. The zero-order chi connectivity index (χ0) is 14.1. The first-order chi connectivity index (χ1) is 9.63. The van der Waals surface area contributed by atoms with Gasteiger partial charge in [-0.15, -0.1) is 11.3 Å². The number of nitrogens with one attached hydrogen (secondary N) is 1. The molecule has 0 amide bonds. The van der Waals surface area contributed by atoms with Crippen molar-refractivity contribution in [2.75, 3.05) is 6.61 Å². The van der Waals surface area contributed by atoms with E-state index in [1.54, 1.807) is 11.3 Å². The number of rotatable bonds is 3. The van der Waals surface area contributed by atoms with Gasteiger partial charge in [-0.25, -0.2) is 4.98 Å². The number of thiazole rings is 1. The minimum atomic E-state index is 0.253.